The Kier molecular flexibility index (Phi) is 8.63. The van der Waals surface area contributed by atoms with Crippen molar-refractivity contribution in [2.24, 2.45) is 0 Å². The molecular weight excluding hydrogens is 430 g/mol. The topological polar surface area (TPSA) is 88.2 Å². The smallest absolute Gasteiger partial charge is 0.253 e. The molecule has 9 heteroatoms. The van der Waals surface area contributed by atoms with Gasteiger partial charge in [-0.05, 0) is 42.3 Å². The third-order valence-electron chi connectivity index (χ3n) is 5.52. The molecule has 1 aliphatic rings. The lowest BCUT2D eigenvalue weighted by Crippen LogP contribution is -2.49. The van der Waals surface area contributed by atoms with Gasteiger partial charge in [0.15, 0.2) is 0 Å². The van der Waals surface area contributed by atoms with Crippen LogP contribution < -0.4 is 9.46 Å². The van der Waals surface area contributed by atoms with Crippen LogP contribution >= 0.6 is 0 Å². The third-order valence-corrected chi connectivity index (χ3v) is 6.98. The summed E-state index contributed by atoms with van der Waals surface area (Å²) in [7, 11) is -0.519. The van der Waals surface area contributed by atoms with Crippen LogP contribution in [-0.2, 0) is 21.2 Å². The first-order valence-electron chi connectivity index (χ1n) is 10.7. The van der Waals surface area contributed by atoms with Crippen LogP contribution in [0.25, 0.3) is 0 Å². The lowest BCUT2D eigenvalue weighted by Gasteiger charge is -2.34. The summed E-state index contributed by atoms with van der Waals surface area (Å²) in [5.74, 6) is 0.706. The van der Waals surface area contributed by atoms with Gasteiger partial charge in [-0.3, -0.25) is 9.69 Å². The van der Waals surface area contributed by atoms with Gasteiger partial charge in [0.1, 0.15) is 5.75 Å². The van der Waals surface area contributed by atoms with Crippen LogP contribution in [0.3, 0.4) is 0 Å². The van der Waals surface area contributed by atoms with E-state index in [-0.39, 0.29) is 24.0 Å². The molecule has 1 N–H and O–H groups in total. The van der Waals surface area contributed by atoms with Crippen LogP contribution in [0.2, 0.25) is 0 Å². The van der Waals surface area contributed by atoms with E-state index in [2.05, 4.69) is 21.8 Å². The highest BCUT2D eigenvalue weighted by Gasteiger charge is 2.23. The number of hydrogen-bond donors (Lipinski definition) is 1. The summed E-state index contributed by atoms with van der Waals surface area (Å²) < 4.78 is 37.4. The molecule has 1 fully saturated rings. The predicted octanol–water partition coefficient (Wildman–Crippen LogP) is 1.62. The van der Waals surface area contributed by atoms with Crippen LogP contribution in [0.1, 0.15) is 15.9 Å². The Bertz CT molecular complexity index is 987. The van der Waals surface area contributed by atoms with E-state index in [1.807, 2.05) is 12.1 Å². The van der Waals surface area contributed by atoms with Crippen LogP contribution in [0.4, 0.5) is 0 Å². The zero-order valence-corrected chi connectivity index (χ0v) is 19.4. The molecule has 0 aromatic heterocycles. The van der Waals surface area contributed by atoms with E-state index in [9.17, 15) is 13.2 Å². The van der Waals surface area contributed by atoms with E-state index in [0.29, 0.717) is 18.7 Å². The summed E-state index contributed by atoms with van der Waals surface area (Å²) in [6, 6.07) is 14.3. The number of carbonyl (C=O) groups is 1. The Morgan fingerprint density at radius 1 is 1.03 bits per heavy atom. The zero-order chi connectivity index (χ0) is 23.0. The fourth-order valence-electron chi connectivity index (χ4n) is 3.59. The van der Waals surface area contributed by atoms with E-state index >= 15 is 0 Å². The first-order valence-corrected chi connectivity index (χ1v) is 12.1. The van der Waals surface area contributed by atoms with Gasteiger partial charge < -0.3 is 14.4 Å². The number of piperazine rings is 1. The van der Waals surface area contributed by atoms with E-state index in [0.717, 1.165) is 31.8 Å². The van der Waals surface area contributed by atoms with Gasteiger partial charge in [0, 0.05) is 51.9 Å². The van der Waals surface area contributed by atoms with E-state index in [1.165, 1.54) is 24.8 Å². The van der Waals surface area contributed by atoms with Crippen LogP contribution in [0.5, 0.6) is 5.75 Å². The number of hydrogen-bond acceptors (Lipinski definition) is 6. The summed E-state index contributed by atoms with van der Waals surface area (Å²) in [5, 5.41) is 0. The summed E-state index contributed by atoms with van der Waals surface area (Å²) in [5.41, 5.74) is 1.63. The summed E-state index contributed by atoms with van der Waals surface area (Å²) >= 11 is 0. The molecule has 0 bridgehead atoms. The highest BCUT2D eigenvalue weighted by atomic mass is 32.2. The van der Waals surface area contributed by atoms with Gasteiger partial charge in [-0.15, -0.1) is 0 Å². The first kappa shape index (κ1) is 24.2. The van der Waals surface area contributed by atoms with Crippen molar-refractivity contribution < 1.29 is 22.7 Å². The van der Waals surface area contributed by atoms with Gasteiger partial charge in [-0.25, -0.2) is 13.1 Å². The average Bonchev–Trinajstić information content (AvgIpc) is 2.83. The molecular formula is C23H31N3O5S. The maximum Gasteiger partial charge on any atom is 0.253 e. The second-order valence-corrected chi connectivity index (χ2v) is 9.42. The van der Waals surface area contributed by atoms with Crippen molar-refractivity contribution in [3.05, 3.63) is 59.7 Å². The molecule has 32 heavy (non-hydrogen) atoms. The van der Waals surface area contributed by atoms with E-state index < -0.39 is 10.0 Å². The number of rotatable bonds is 10. The fraction of sp³-hybridized carbons (Fsp3) is 0.435. The lowest BCUT2D eigenvalue weighted by atomic mass is 10.1. The minimum Gasteiger partial charge on any atom is -0.497 e. The number of benzene rings is 2. The van der Waals surface area contributed by atoms with E-state index in [4.69, 9.17) is 9.47 Å². The van der Waals surface area contributed by atoms with Crippen LogP contribution in [0.15, 0.2) is 53.4 Å². The molecule has 174 valence electrons. The summed E-state index contributed by atoms with van der Waals surface area (Å²) in [6.07, 6.45) is 0.938. The van der Waals surface area contributed by atoms with Gasteiger partial charge in [-0.1, -0.05) is 18.2 Å². The van der Waals surface area contributed by atoms with E-state index in [1.54, 1.807) is 24.1 Å². The van der Waals surface area contributed by atoms with Crippen molar-refractivity contribution in [3.63, 3.8) is 0 Å². The van der Waals surface area contributed by atoms with Crippen molar-refractivity contribution in [1.29, 1.82) is 0 Å². The lowest BCUT2D eigenvalue weighted by molar-refractivity contribution is 0.0638. The monoisotopic (exact) mass is 461 g/mol. The summed E-state index contributed by atoms with van der Waals surface area (Å²) in [6.45, 7) is 4.19. The fourth-order valence-corrected chi connectivity index (χ4v) is 4.65. The Balaban J connectivity index is 1.52. The number of carbonyl (C=O) groups excluding carboxylic acids is 1. The number of amides is 1. The molecule has 0 aliphatic carbocycles. The average molecular weight is 462 g/mol. The second kappa shape index (κ2) is 11.4. The van der Waals surface area contributed by atoms with Crippen molar-refractivity contribution in [2.75, 3.05) is 60.1 Å². The molecule has 1 aliphatic heterocycles. The summed E-state index contributed by atoms with van der Waals surface area (Å²) in [4.78, 5) is 17.2. The molecule has 0 spiro atoms. The van der Waals surface area contributed by atoms with Crippen molar-refractivity contribution in [1.82, 2.24) is 14.5 Å². The van der Waals surface area contributed by atoms with Gasteiger partial charge in [-0.2, -0.15) is 0 Å². The minimum absolute atomic E-state index is 0.0811. The minimum atomic E-state index is -3.68. The molecule has 0 atom stereocenters. The SMILES string of the molecule is COCCNS(=O)(=O)c1cccc(C(=O)N2CCN(CCc3ccc(OC)cc3)CC2)c1. The Morgan fingerprint density at radius 3 is 2.41 bits per heavy atom. The molecule has 0 radical (unpaired) electrons. The van der Waals surface area contributed by atoms with Crippen LogP contribution in [0, 0.1) is 0 Å². The second-order valence-electron chi connectivity index (χ2n) is 7.65. The van der Waals surface area contributed by atoms with Gasteiger partial charge in [0.25, 0.3) is 5.91 Å². The Labute approximate surface area is 190 Å². The maximum absolute atomic E-state index is 12.9. The molecule has 2 aromatic carbocycles. The predicted molar refractivity (Wildman–Crippen MR) is 123 cm³/mol. The number of ether oxygens (including phenoxy) is 2. The normalized spacial score (nSPS) is 15.0. The Hall–Kier alpha value is -2.46. The first-order chi connectivity index (χ1) is 15.4. The van der Waals surface area contributed by atoms with Gasteiger partial charge in [0.05, 0.1) is 18.6 Å². The largest absolute Gasteiger partial charge is 0.497 e. The molecule has 1 saturated heterocycles. The molecule has 1 heterocycles. The number of nitrogens with zero attached hydrogens (tertiary/aromatic N) is 2. The quantitative estimate of drug-likeness (QED) is 0.541. The van der Waals surface area contributed by atoms with Crippen LogP contribution in [-0.4, -0.2) is 84.2 Å². The highest BCUT2D eigenvalue weighted by molar-refractivity contribution is 7.89. The molecule has 0 unspecified atom stereocenters. The molecule has 3 rings (SSSR count). The molecule has 2 aromatic rings. The molecule has 8 nitrogen and oxygen atoms in total. The standard InChI is InChI=1S/C23H31N3O5S/c1-30-17-11-24-32(28,29)22-5-3-4-20(18-22)23(27)26-15-13-25(14-16-26)12-10-19-6-8-21(31-2)9-7-19/h3-9,18,24H,10-17H2,1-2H3. The van der Waals surface area contributed by atoms with Crippen molar-refractivity contribution in [2.45, 2.75) is 11.3 Å². The highest BCUT2D eigenvalue weighted by Crippen LogP contribution is 2.16. The van der Waals surface area contributed by atoms with Crippen molar-refractivity contribution >= 4 is 15.9 Å². The number of nitrogens with one attached hydrogen (secondary N) is 1. The van der Waals surface area contributed by atoms with Gasteiger partial charge in [0.2, 0.25) is 10.0 Å². The third kappa shape index (κ3) is 6.52. The molecule has 1 amide bonds. The van der Waals surface area contributed by atoms with Gasteiger partial charge >= 0.3 is 0 Å². The van der Waals surface area contributed by atoms with Crippen molar-refractivity contribution in [3.8, 4) is 5.75 Å². The maximum atomic E-state index is 12.9. The number of methoxy groups -OCH3 is 2. The molecule has 0 saturated carbocycles. The zero-order valence-electron chi connectivity index (χ0n) is 18.6. The Morgan fingerprint density at radius 2 is 1.75 bits per heavy atom. The number of sulfonamides is 1.